The Kier molecular flexibility index (Phi) is 6.11. The number of sulfonamides is 1. The Morgan fingerprint density at radius 2 is 1.79 bits per heavy atom. The highest BCUT2D eigenvalue weighted by atomic mass is 32.2. The second kappa shape index (κ2) is 8.08. The molecule has 6 heteroatoms. The van der Waals surface area contributed by atoms with Gasteiger partial charge in [0.15, 0.2) is 0 Å². The van der Waals surface area contributed by atoms with Crippen molar-refractivity contribution in [3.63, 3.8) is 0 Å². The van der Waals surface area contributed by atoms with Crippen LogP contribution in [-0.2, 0) is 16.4 Å². The van der Waals surface area contributed by atoms with E-state index in [0.717, 1.165) is 18.4 Å². The van der Waals surface area contributed by atoms with E-state index in [-0.39, 0.29) is 10.8 Å². The molecule has 2 aromatic rings. The van der Waals surface area contributed by atoms with Crippen LogP contribution in [0, 0.1) is 6.92 Å². The Morgan fingerprint density at radius 1 is 1.08 bits per heavy atom. The van der Waals surface area contributed by atoms with Crippen molar-refractivity contribution < 1.29 is 13.2 Å². The fourth-order valence-corrected chi connectivity index (χ4v) is 3.12. The molecule has 0 saturated heterocycles. The lowest BCUT2D eigenvalue weighted by Crippen LogP contribution is -2.26. The van der Waals surface area contributed by atoms with E-state index in [9.17, 15) is 13.2 Å². The summed E-state index contributed by atoms with van der Waals surface area (Å²) < 4.78 is 26.0. The van der Waals surface area contributed by atoms with Crippen LogP contribution >= 0.6 is 0 Å². The second-order valence-electron chi connectivity index (χ2n) is 5.53. The quantitative estimate of drug-likeness (QED) is 0.755. The van der Waals surface area contributed by atoms with Gasteiger partial charge in [0, 0.05) is 12.1 Å². The van der Waals surface area contributed by atoms with E-state index in [4.69, 9.17) is 0 Å². The number of aryl methyl sites for hydroxylation is 2. The van der Waals surface area contributed by atoms with Gasteiger partial charge in [-0.2, -0.15) is 0 Å². The Labute approximate surface area is 143 Å². The van der Waals surface area contributed by atoms with Gasteiger partial charge in [-0.3, -0.25) is 4.79 Å². The highest BCUT2D eigenvalue weighted by Gasteiger charge is 2.16. The van der Waals surface area contributed by atoms with Crippen LogP contribution in [0.5, 0.6) is 0 Å². The third-order valence-corrected chi connectivity index (χ3v) is 5.22. The van der Waals surface area contributed by atoms with E-state index in [2.05, 4.69) is 22.2 Å². The lowest BCUT2D eigenvalue weighted by molar-refractivity contribution is 0.0952. The van der Waals surface area contributed by atoms with E-state index in [1.54, 1.807) is 13.0 Å². The molecule has 0 fully saturated rings. The first-order valence-corrected chi connectivity index (χ1v) is 9.28. The van der Waals surface area contributed by atoms with E-state index in [1.807, 2.05) is 18.2 Å². The summed E-state index contributed by atoms with van der Waals surface area (Å²) in [5, 5.41) is 2.85. The number of rotatable bonds is 7. The molecule has 2 rings (SSSR count). The van der Waals surface area contributed by atoms with Crippen LogP contribution < -0.4 is 10.0 Å². The molecule has 0 unspecified atom stereocenters. The zero-order chi connectivity index (χ0) is 17.6. The Hall–Kier alpha value is -2.18. The Morgan fingerprint density at radius 3 is 2.46 bits per heavy atom. The molecule has 2 N–H and O–H groups in total. The lowest BCUT2D eigenvalue weighted by Gasteiger charge is -2.10. The summed E-state index contributed by atoms with van der Waals surface area (Å²) in [4.78, 5) is 12.4. The molecule has 0 atom stereocenters. The first-order chi connectivity index (χ1) is 11.4. The SMILES string of the molecule is CNS(=O)(=O)c1ccc(C)c(C(=O)NCCCc2ccccc2)c1. The molecule has 0 spiro atoms. The maximum atomic E-state index is 12.3. The fraction of sp³-hybridized carbons (Fsp3) is 0.278. The number of benzene rings is 2. The van der Waals surface area contributed by atoms with Crippen molar-refractivity contribution >= 4 is 15.9 Å². The largest absolute Gasteiger partial charge is 0.352 e. The summed E-state index contributed by atoms with van der Waals surface area (Å²) in [7, 11) is -2.22. The van der Waals surface area contributed by atoms with E-state index >= 15 is 0 Å². The fourth-order valence-electron chi connectivity index (χ4n) is 2.37. The molecular formula is C18H22N2O3S. The summed E-state index contributed by atoms with van der Waals surface area (Å²) in [6, 6.07) is 14.6. The van der Waals surface area contributed by atoms with E-state index in [1.165, 1.54) is 24.7 Å². The third-order valence-electron chi connectivity index (χ3n) is 3.80. The average molecular weight is 346 g/mol. The normalized spacial score (nSPS) is 11.2. The van der Waals surface area contributed by atoms with Crippen molar-refractivity contribution in [2.75, 3.05) is 13.6 Å². The molecule has 0 radical (unpaired) electrons. The molecule has 2 aromatic carbocycles. The van der Waals surface area contributed by atoms with Crippen molar-refractivity contribution in [2.45, 2.75) is 24.7 Å². The maximum Gasteiger partial charge on any atom is 0.251 e. The Bertz CT molecular complexity index is 802. The third kappa shape index (κ3) is 4.66. The number of hydrogen-bond donors (Lipinski definition) is 2. The van der Waals surface area contributed by atoms with Crippen molar-refractivity contribution in [1.29, 1.82) is 0 Å². The summed E-state index contributed by atoms with van der Waals surface area (Å²) in [5.74, 6) is -0.256. The summed E-state index contributed by atoms with van der Waals surface area (Å²) in [5.41, 5.74) is 2.35. The smallest absolute Gasteiger partial charge is 0.251 e. The van der Waals surface area contributed by atoms with Crippen molar-refractivity contribution in [2.24, 2.45) is 0 Å². The van der Waals surface area contributed by atoms with Crippen molar-refractivity contribution in [3.8, 4) is 0 Å². The van der Waals surface area contributed by atoms with E-state index < -0.39 is 10.0 Å². The van der Waals surface area contributed by atoms with Gasteiger partial charge in [0.2, 0.25) is 10.0 Å². The van der Waals surface area contributed by atoms with Gasteiger partial charge >= 0.3 is 0 Å². The van der Waals surface area contributed by atoms with Crippen LogP contribution in [0.15, 0.2) is 53.4 Å². The van der Waals surface area contributed by atoms with Gasteiger partial charge in [-0.25, -0.2) is 13.1 Å². The molecule has 5 nitrogen and oxygen atoms in total. The van der Waals surface area contributed by atoms with Gasteiger partial charge in [-0.1, -0.05) is 36.4 Å². The van der Waals surface area contributed by atoms with Crippen LogP contribution in [0.1, 0.15) is 27.9 Å². The minimum absolute atomic E-state index is 0.0880. The Balaban J connectivity index is 1.98. The number of carbonyl (C=O) groups excluding carboxylic acids is 1. The number of hydrogen-bond acceptors (Lipinski definition) is 3. The highest BCUT2D eigenvalue weighted by molar-refractivity contribution is 7.89. The monoisotopic (exact) mass is 346 g/mol. The summed E-state index contributed by atoms with van der Waals surface area (Å²) in [6.45, 7) is 2.32. The van der Waals surface area contributed by atoms with Gasteiger partial charge in [-0.05, 0) is 50.1 Å². The predicted octanol–water partition coefficient (Wildman–Crippen LogP) is 2.27. The van der Waals surface area contributed by atoms with Crippen LogP contribution in [-0.4, -0.2) is 27.9 Å². The van der Waals surface area contributed by atoms with Crippen molar-refractivity contribution in [3.05, 3.63) is 65.2 Å². The first-order valence-electron chi connectivity index (χ1n) is 7.80. The minimum atomic E-state index is -3.56. The second-order valence-corrected chi connectivity index (χ2v) is 7.42. The topological polar surface area (TPSA) is 75.3 Å². The van der Waals surface area contributed by atoms with Crippen LogP contribution in [0.3, 0.4) is 0 Å². The molecule has 0 bridgehead atoms. The maximum absolute atomic E-state index is 12.3. The molecule has 128 valence electrons. The minimum Gasteiger partial charge on any atom is -0.352 e. The van der Waals surface area contributed by atoms with Gasteiger partial charge in [0.05, 0.1) is 4.90 Å². The zero-order valence-corrected chi connectivity index (χ0v) is 14.7. The van der Waals surface area contributed by atoms with Crippen LogP contribution in [0.4, 0.5) is 0 Å². The zero-order valence-electron chi connectivity index (χ0n) is 13.9. The van der Waals surface area contributed by atoms with E-state index in [0.29, 0.717) is 12.1 Å². The average Bonchev–Trinajstić information content (AvgIpc) is 2.59. The standard InChI is InChI=1S/C18H22N2O3S/c1-14-10-11-16(24(22,23)19-2)13-17(14)18(21)20-12-6-9-15-7-4-3-5-8-15/h3-5,7-8,10-11,13,19H,6,9,12H2,1-2H3,(H,20,21). The molecule has 0 aliphatic carbocycles. The molecular weight excluding hydrogens is 324 g/mol. The summed E-state index contributed by atoms with van der Waals surface area (Å²) in [6.07, 6.45) is 1.71. The molecule has 24 heavy (non-hydrogen) atoms. The predicted molar refractivity (Wildman–Crippen MR) is 94.5 cm³/mol. The first kappa shape index (κ1) is 18.2. The molecule has 0 saturated carbocycles. The molecule has 0 aliphatic heterocycles. The molecule has 0 aliphatic rings. The lowest BCUT2D eigenvalue weighted by atomic mass is 10.1. The summed E-state index contributed by atoms with van der Waals surface area (Å²) >= 11 is 0. The van der Waals surface area contributed by atoms with Gasteiger partial charge in [-0.15, -0.1) is 0 Å². The number of amides is 1. The number of carbonyl (C=O) groups is 1. The van der Waals surface area contributed by atoms with Gasteiger partial charge in [0.25, 0.3) is 5.91 Å². The van der Waals surface area contributed by atoms with Crippen molar-refractivity contribution in [1.82, 2.24) is 10.0 Å². The molecule has 0 aromatic heterocycles. The van der Waals surface area contributed by atoms with Gasteiger partial charge < -0.3 is 5.32 Å². The van der Waals surface area contributed by atoms with Crippen LogP contribution in [0.2, 0.25) is 0 Å². The number of nitrogens with one attached hydrogen (secondary N) is 2. The van der Waals surface area contributed by atoms with Gasteiger partial charge in [0.1, 0.15) is 0 Å². The molecule has 1 amide bonds. The van der Waals surface area contributed by atoms with Crippen LogP contribution in [0.25, 0.3) is 0 Å². The highest BCUT2D eigenvalue weighted by Crippen LogP contribution is 2.15. The molecule has 0 heterocycles.